The summed E-state index contributed by atoms with van der Waals surface area (Å²) in [5.41, 5.74) is -4.49. The van der Waals surface area contributed by atoms with E-state index in [4.69, 9.17) is 33.2 Å². The van der Waals surface area contributed by atoms with Gasteiger partial charge in [0.15, 0.2) is 0 Å². The van der Waals surface area contributed by atoms with Gasteiger partial charge in [0.1, 0.15) is 0 Å². The number of carbonyl (C=O) groups excluding carboxylic acids is 2. The highest BCUT2D eigenvalue weighted by atomic mass is 35.5. The largest absolute Gasteiger partial charge is 0.417 e. The van der Waals surface area contributed by atoms with E-state index < -0.39 is 62.9 Å². The van der Waals surface area contributed by atoms with Crippen LogP contribution in [0, 0.1) is 23.2 Å². The lowest BCUT2D eigenvalue weighted by Gasteiger charge is -2.35. The van der Waals surface area contributed by atoms with Crippen molar-refractivity contribution in [1.82, 2.24) is 0 Å². The number of hydrogen-bond acceptors (Lipinski definition) is 4. The molecule has 5 nitrogen and oxygen atoms in total. The van der Waals surface area contributed by atoms with E-state index in [1.54, 1.807) is 13.8 Å². The Morgan fingerprint density at radius 2 is 1.61 bits per heavy atom. The Morgan fingerprint density at radius 3 is 2.04 bits per heavy atom. The zero-order valence-electron chi connectivity index (χ0n) is 14.6. The Bertz CT molecular complexity index is 924. The van der Waals surface area contributed by atoms with Crippen molar-refractivity contribution in [3.05, 3.63) is 29.3 Å². The van der Waals surface area contributed by atoms with Crippen molar-refractivity contribution in [2.45, 2.75) is 42.0 Å². The van der Waals surface area contributed by atoms with Gasteiger partial charge in [0.25, 0.3) is 0 Å². The lowest BCUT2D eigenvalue weighted by molar-refractivity contribution is -0.138. The van der Waals surface area contributed by atoms with E-state index in [0.717, 1.165) is 17.0 Å². The van der Waals surface area contributed by atoms with Crippen LogP contribution in [0.5, 0.6) is 0 Å². The zero-order chi connectivity index (χ0) is 20.8. The zero-order valence-corrected chi connectivity index (χ0v) is 16.1. The van der Waals surface area contributed by atoms with Crippen LogP contribution < -0.4 is 4.90 Å². The molecule has 10 heteroatoms. The second kappa shape index (κ2) is 5.62. The molecule has 0 unspecified atom stereocenters. The summed E-state index contributed by atoms with van der Waals surface area (Å²) in [5, 5.41) is 7.44. The second-order valence-electron chi connectivity index (χ2n) is 7.58. The van der Waals surface area contributed by atoms with Gasteiger partial charge in [-0.05, 0) is 32.0 Å². The second-order valence-corrected chi connectivity index (χ2v) is 8.52. The van der Waals surface area contributed by atoms with E-state index >= 15 is 0 Å². The van der Waals surface area contributed by atoms with Gasteiger partial charge in [-0.25, -0.2) is 4.90 Å². The Kier molecular flexibility index (Phi) is 3.91. The topological polar surface area (TPSA) is 70.4 Å². The van der Waals surface area contributed by atoms with Gasteiger partial charge >= 0.3 is 6.18 Å². The van der Waals surface area contributed by atoms with Crippen molar-refractivity contribution in [3.8, 4) is 6.07 Å². The highest BCUT2D eigenvalue weighted by Crippen LogP contribution is 2.63. The number of benzene rings is 1. The SMILES string of the molecule is C[C@]12O[C@](C)([C@@H](Cl)[C@@H]1Cl)[C@H]1C(=O)N(c3ccc(C#N)c(C(F)(F)F)c3)C(=O)[C@@H]12. The minimum absolute atomic E-state index is 0.250. The molecule has 1 aromatic rings. The molecule has 4 rings (SSSR count). The van der Waals surface area contributed by atoms with Crippen molar-refractivity contribution >= 4 is 40.7 Å². The van der Waals surface area contributed by atoms with Crippen LogP contribution in [0.1, 0.15) is 25.0 Å². The highest BCUT2D eigenvalue weighted by molar-refractivity contribution is 6.33. The molecule has 6 atom stereocenters. The van der Waals surface area contributed by atoms with Gasteiger partial charge in [0.2, 0.25) is 11.8 Å². The third-order valence-electron chi connectivity index (χ3n) is 6.02. The first kappa shape index (κ1) is 19.5. The van der Waals surface area contributed by atoms with E-state index in [2.05, 4.69) is 0 Å². The van der Waals surface area contributed by atoms with Gasteiger partial charge < -0.3 is 4.74 Å². The van der Waals surface area contributed by atoms with Crippen LogP contribution in [-0.2, 0) is 20.5 Å². The molecule has 2 amide bonds. The van der Waals surface area contributed by atoms with Crippen LogP contribution in [0.15, 0.2) is 18.2 Å². The average Bonchev–Trinajstić information content (AvgIpc) is 3.10. The molecule has 3 aliphatic heterocycles. The smallest absolute Gasteiger partial charge is 0.364 e. The third kappa shape index (κ3) is 2.18. The molecule has 0 radical (unpaired) electrons. The molecular formula is C18H13Cl2F3N2O3. The number of nitrogens with zero attached hydrogens (tertiary/aromatic N) is 2. The number of rotatable bonds is 1. The number of imide groups is 1. The minimum Gasteiger partial charge on any atom is -0.364 e. The van der Waals surface area contributed by atoms with Crippen molar-refractivity contribution in [3.63, 3.8) is 0 Å². The van der Waals surface area contributed by atoms with Gasteiger partial charge in [0.05, 0.1) is 56.7 Å². The van der Waals surface area contributed by atoms with Gasteiger partial charge in [-0.15, -0.1) is 23.2 Å². The molecule has 2 bridgehead atoms. The van der Waals surface area contributed by atoms with Crippen molar-refractivity contribution < 1.29 is 27.5 Å². The molecular weight excluding hydrogens is 420 g/mol. The summed E-state index contributed by atoms with van der Waals surface area (Å²) in [6.07, 6.45) is -4.81. The van der Waals surface area contributed by atoms with Crippen molar-refractivity contribution in [1.29, 1.82) is 5.26 Å². The summed E-state index contributed by atoms with van der Waals surface area (Å²) >= 11 is 12.7. The number of anilines is 1. The lowest BCUT2D eigenvalue weighted by atomic mass is 9.68. The number of alkyl halides is 5. The fourth-order valence-corrected chi connectivity index (χ4v) is 5.58. The summed E-state index contributed by atoms with van der Waals surface area (Å²) < 4.78 is 45.8. The van der Waals surface area contributed by atoms with E-state index in [9.17, 15) is 22.8 Å². The van der Waals surface area contributed by atoms with Crippen LogP contribution in [-0.4, -0.2) is 33.8 Å². The maximum absolute atomic E-state index is 13.3. The minimum atomic E-state index is -4.81. The summed E-state index contributed by atoms with van der Waals surface area (Å²) in [4.78, 5) is 26.9. The predicted octanol–water partition coefficient (Wildman–Crippen LogP) is 3.46. The molecule has 1 aromatic carbocycles. The summed E-state index contributed by atoms with van der Waals surface area (Å²) in [7, 11) is 0. The summed E-state index contributed by atoms with van der Waals surface area (Å²) in [6, 6.07) is 4.19. The van der Waals surface area contributed by atoms with Crippen LogP contribution in [0.3, 0.4) is 0 Å². The predicted molar refractivity (Wildman–Crippen MR) is 92.8 cm³/mol. The Hall–Kier alpha value is -1.82. The number of hydrogen-bond donors (Lipinski definition) is 0. The summed E-state index contributed by atoms with van der Waals surface area (Å²) in [5.74, 6) is -3.28. The normalized spacial score (nSPS) is 39.4. The van der Waals surface area contributed by atoms with Gasteiger partial charge in [-0.1, -0.05) is 0 Å². The van der Waals surface area contributed by atoms with Crippen LogP contribution in [0.25, 0.3) is 0 Å². The van der Waals surface area contributed by atoms with Crippen LogP contribution in [0.2, 0.25) is 0 Å². The van der Waals surface area contributed by atoms with Gasteiger partial charge in [0, 0.05) is 0 Å². The standard InChI is InChI=1S/C18H13Cl2F3N2O3/c1-16-10-11(17(2,28-16)13(20)12(16)19)15(27)25(14(10)26)8-4-3-7(6-24)9(5-8)18(21,22)23/h3-5,10-13H,1-2H3/t10-,11-,12+,13+,16-,17+/m1/s1. The molecule has 0 N–H and O–H groups in total. The molecule has 3 aliphatic rings. The Balaban J connectivity index is 1.82. The molecule has 3 fully saturated rings. The number of nitriles is 1. The highest BCUT2D eigenvalue weighted by Gasteiger charge is 2.78. The number of amides is 2. The maximum Gasteiger partial charge on any atom is 0.417 e. The molecule has 3 heterocycles. The summed E-state index contributed by atoms with van der Waals surface area (Å²) in [6.45, 7) is 3.18. The molecule has 0 aliphatic carbocycles. The first-order valence-corrected chi connectivity index (χ1v) is 9.22. The fourth-order valence-electron chi connectivity index (χ4n) is 4.72. The average molecular weight is 433 g/mol. The molecule has 28 heavy (non-hydrogen) atoms. The van der Waals surface area contributed by atoms with Crippen LogP contribution >= 0.6 is 23.2 Å². The number of carbonyl (C=O) groups is 2. The Labute approximate surface area is 167 Å². The lowest BCUT2D eigenvalue weighted by Crippen LogP contribution is -2.53. The van der Waals surface area contributed by atoms with Crippen molar-refractivity contribution in [2.75, 3.05) is 4.90 Å². The van der Waals surface area contributed by atoms with Gasteiger partial charge in [-0.3, -0.25) is 9.59 Å². The molecule has 0 spiro atoms. The monoisotopic (exact) mass is 432 g/mol. The number of halogens is 5. The van der Waals surface area contributed by atoms with E-state index in [1.807, 2.05) is 0 Å². The first-order chi connectivity index (χ1) is 12.9. The molecule has 3 saturated heterocycles. The van der Waals surface area contributed by atoms with Gasteiger partial charge in [-0.2, -0.15) is 18.4 Å². The number of fused-ring (bicyclic) bond motifs is 5. The van der Waals surface area contributed by atoms with E-state index in [1.165, 1.54) is 6.07 Å². The fraction of sp³-hybridized carbons (Fsp3) is 0.500. The van der Waals surface area contributed by atoms with E-state index in [-0.39, 0.29) is 5.69 Å². The van der Waals surface area contributed by atoms with Crippen molar-refractivity contribution in [2.24, 2.45) is 11.8 Å². The maximum atomic E-state index is 13.3. The Morgan fingerprint density at radius 1 is 1.11 bits per heavy atom. The quantitative estimate of drug-likeness (QED) is 0.503. The number of ether oxygens (including phenoxy) is 1. The third-order valence-corrected chi connectivity index (χ3v) is 7.52. The molecule has 0 saturated carbocycles. The van der Waals surface area contributed by atoms with Crippen LogP contribution in [0.4, 0.5) is 18.9 Å². The molecule has 148 valence electrons. The van der Waals surface area contributed by atoms with E-state index in [0.29, 0.717) is 6.07 Å². The first-order valence-electron chi connectivity index (χ1n) is 8.35. The molecule has 0 aromatic heterocycles.